The van der Waals surface area contributed by atoms with Crippen LogP contribution in [0.2, 0.25) is 0 Å². The molecule has 0 aromatic heterocycles. The fourth-order valence-electron chi connectivity index (χ4n) is 0.877. The second-order valence-corrected chi connectivity index (χ2v) is 5.52. The SMILES string of the molecule is CC(C)(C)OC(=O)C(F)(C=O)/C(N)=C/C=C(\N)Cl.CCOC. The third kappa shape index (κ3) is 9.36. The van der Waals surface area contributed by atoms with Crippen molar-refractivity contribution in [2.24, 2.45) is 11.5 Å². The summed E-state index contributed by atoms with van der Waals surface area (Å²) in [5, 5.41) is -0.171. The van der Waals surface area contributed by atoms with Crippen LogP contribution >= 0.6 is 11.6 Å². The summed E-state index contributed by atoms with van der Waals surface area (Å²) in [7, 11) is 1.68. The van der Waals surface area contributed by atoms with Crippen LogP contribution in [0.15, 0.2) is 23.0 Å². The van der Waals surface area contributed by atoms with E-state index in [-0.39, 0.29) is 11.4 Å². The highest BCUT2D eigenvalue weighted by molar-refractivity contribution is 6.29. The number of carbonyl (C=O) groups is 2. The van der Waals surface area contributed by atoms with Gasteiger partial charge in [-0.05, 0) is 39.8 Å². The number of alkyl halides is 1. The maximum Gasteiger partial charge on any atom is 0.358 e. The maximum atomic E-state index is 14.1. The Bertz CT molecular complexity index is 427. The summed E-state index contributed by atoms with van der Waals surface area (Å²) in [5.41, 5.74) is 5.77. The number of allylic oxidation sites excluding steroid dienone is 2. The van der Waals surface area contributed by atoms with Crippen LogP contribution in [-0.4, -0.2) is 37.2 Å². The summed E-state index contributed by atoms with van der Waals surface area (Å²) in [6.45, 7) is 7.38. The van der Waals surface area contributed by atoms with E-state index in [1.807, 2.05) is 6.92 Å². The van der Waals surface area contributed by atoms with Crippen molar-refractivity contribution in [3.05, 3.63) is 23.0 Å². The van der Waals surface area contributed by atoms with E-state index in [0.29, 0.717) is 0 Å². The number of ether oxygens (including phenoxy) is 2. The molecule has 0 fully saturated rings. The molecule has 6 nitrogen and oxygen atoms in total. The molecule has 0 rings (SSSR count). The summed E-state index contributed by atoms with van der Waals surface area (Å²) in [4.78, 5) is 22.3. The van der Waals surface area contributed by atoms with Crippen molar-refractivity contribution in [3.63, 3.8) is 0 Å². The Labute approximate surface area is 135 Å². The molecule has 0 aliphatic heterocycles. The van der Waals surface area contributed by atoms with Gasteiger partial charge in [0.15, 0.2) is 6.29 Å². The average molecular weight is 339 g/mol. The van der Waals surface area contributed by atoms with E-state index in [4.69, 9.17) is 27.8 Å². The number of carbonyl (C=O) groups excluding carboxylic acids is 2. The molecule has 0 heterocycles. The van der Waals surface area contributed by atoms with Crippen molar-refractivity contribution in [1.29, 1.82) is 0 Å². The highest BCUT2D eigenvalue weighted by atomic mass is 35.5. The Morgan fingerprint density at radius 3 is 2.00 bits per heavy atom. The first-order valence-corrected chi connectivity index (χ1v) is 6.78. The third-order valence-electron chi connectivity index (χ3n) is 1.99. The molecule has 128 valence electrons. The van der Waals surface area contributed by atoms with E-state index in [1.54, 1.807) is 7.11 Å². The topological polar surface area (TPSA) is 105 Å². The monoisotopic (exact) mass is 338 g/mol. The molecular formula is C14H24ClFN2O4. The molecule has 4 N–H and O–H groups in total. The van der Waals surface area contributed by atoms with Gasteiger partial charge in [-0.2, -0.15) is 0 Å². The van der Waals surface area contributed by atoms with E-state index in [1.165, 1.54) is 20.8 Å². The first-order valence-electron chi connectivity index (χ1n) is 6.41. The van der Waals surface area contributed by atoms with E-state index >= 15 is 0 Å². The fraction of sp³-hybridized carbons (Fsp3) is 0.571. The molecule has 0 amide bonds. The van der Waals surface area contributed by atoms with Crippen LogP contribution in [0.4, 0.5) is 4.39 Å². The second-order valence-electron chi connectivity index (χ2n) is 5.08. The number of aldehydes is 1. The van der Waals surface area contributed by atoms with Gasteiger partial charge in [0, 0.05) is 13.7 Å². The minimum absolute atomic E-state index is 0.171. The predicted molar refractivity (Wildman–Crippen MR) is 83.7 cm³/mol. The van der Waals surface area contributed by atoms with Gasteiger partial charge in [0.05, 0.1) is 10.9 Å². The highest BCUT2D eigenvalue weighted by Crippen LogP contribution is 2.21. The third-order valence-corrected chi connectivity index (χ3v) is 2.12. The standard InChI is InChI=1S/C11H16ClFN2O3.C3H8O/c1-10(2,3)18-9(17)11(13,6-16)7(14)4-5-8(12)15;1-3-4-2/h4-6H,14-15H2,1-3H3;3H2,1-2H3/b7-4-,8-5-;. The molecular weight excluding hydrogens is 315 g/mol. The van der Waals surface area contributed by atoms with Crippen molar-refractivity contribution < 1.29 is 23.5 Å². The summed E-state index contributed by atoms with van der Waals surface area (Å²) < 4.78 is 23.5. The van der Waals surface area contributed by atoms with Gasteiger partial charge < -0.3 is 20.9 Å². The van der Waals surface area contributed by atoms with Gasteiger partial charge in [0.2, 0.25) is 0 Å². The number of hydrogen-bond donors (Lipinski definition) is 2. The predicted octanol–water partition coefficient (Wildman–Crippen LogP) is 1.77. The molecule has 0 bridgehead atoms. The van der Waals surface area contributed by atoms with E-state index in [0.717, 1.165) is 18.8 Å². The van der Waals surface area contributed by atoms with Crippen LogP contribution < -0.4 is 11.5 Å². The number of nitrogens with two attached hydrogens (primary N) is 2. The largest absolute Gasteiger partial charge is 0.457 e. The molecule has 0 spiro atoms. The van der Waals surface area contributed by atoms with Crippen molar-refractivity contribution in [1.82, 2.24) is 0 Å². The summed E-state index contributed by atoms with van der Waals surface area (Å²) in [6.07, 6.45) is 1.75. The maximum absolute atomic E-state index is 14.1. The molecule has 1 unspecified atom stereocenters. The Balaban J connectivity index is 0. The Morgan fingerprint density at radius 2 is 1.73 bits per heavy atom. The fourth-order valence-corrected chi connectivity index (χ4v) is 0.940. The number of methoxy groups -OCH3 is 1. The number of hydrogen-bond acceptors (Lipinski definition) is 6. The minimum Gasteiger partial charge on any atom is -0.457 e. The van der Waals surface area contributed by atoms with Crippen molar-refractivity contribution in [2.45, 2.75) is 39.0 Å². The molecule has 8 heteroatoms. The lowest BCUT2D eigenvalue weighted by molar-refractivity contribution is -0.167. The number of halogens is 2. The van der Waals surface area contributed by atoms with Gasteiger partial charge in [-0.15, -0.1) is 0 Å². The number of esters is 1. The molecule has 0 aliphatic carbocycles. The zero-order chi connectivity index (χ0) is 18.0. The van der Waals surface area contributed by atoms with Crippen molar-refractivity contribution >= 4 is 23.9 Å². The van der Waals surface area contributed by atoms with Crippen LogP contribution in [-0.2, 0) is 19.1 Å². The Kier molecular flexibility index (Phi) is 10.5. The molecule has 0 aliphatic rings. The molecule has 0 radical (unpaired) electrons. The van der Waals surface area contributed by atoms with Gasteiger partial charge >= 0.3 is 5.97 Å². The molecule has 0 aromatic rings. The van der Waals surface area contributed by atoms with Gasteiger partial charge in [-0.1, -0.05) is 11.6 Å². The first kappa shape index (κ1) is 22.7. The van der Waals surface area contributed by atoms with Crippen LogP contribution in [0.1, 0.15) is 27.7 Å². The summed E-state index contributed by atoms with van der Waals surface area (Å²) in [6, 6.07) is 0. The molecule has 0 saturated heterocycles. The zero-order valence-electron chi connectivity index (χ0n) is 13.5. The van der Waals surface area contributed by atoms with E-state index in [2.05, 4.69) is 4.74 Å². The highest BCUT2D eigenvalue weighted by Gasteiger charge is 2.45. The number of rotatable bonds is 5. The van der Waals surface area contributed by atoms with Crippen LogP contribution in [0.5, 0.6) is 0 Å². The lowest BCUT2D eigenvalue weighted by Gasteiger charge is -2.25. The van der Waals surface area contributed by atoms with Gasteiger partial charge in [-0.3, -0.25) is 4.79 Å². The molecule has 22 heavy (non-hydrogen) atoms. The van der Waals surface area contributed by atoms with Gasteiger partial charge in [0.25, 0.3) is 5.67 Å². The first-order chi connectivity index (χ1) is 9.94. The van der Waals surface area contributed by atoms with Gasteiger partial charge in [-0.25, -0.2) is 9.18 Å². The normalized spacial score (nSPS) is 15.2. The van der Waals surface area contributed by atoms with Crippen molar-refractivity contribution in [2.75, 3.05) is 13.7 Å². The van der Waals surface area contributed by atoms with Crippen LogP contribution in [0.25, 0.3) is 0 Å². The van der Waals surface area contributed by atoms with Gasteiger partial charge in [0.1, 0.15) is 5.60 Å². The van der Waals surface area contributed by atoms with Crippen molar-refractivity contribution in [3.8, 4) is 0 Å². The average Bonchev–Trinajstić information content (AvgIpc) is 2.41. The Hall–Kier alpha value is -1.60. The minimum atomic E-state index is -3.06. The zero-order valence-corrected chi connectivity index (χ0v) is 14.2. The Morgan fingerprint density at radius 1 is 1.27 bits per heavy atom. The second kappa shape index (κ2) is 10.2. The quantitative estimate of drug-likeness (QED) is 0.260. The van der Waals surface area contributed by atoms with E-state index < -0.39 is 22.9 Å². The van der Waals surface area contributed by atoms with Crippen LogP contribution in [0, 0.1) is 0 Å². The van der Waals surface area contributed by atoms with Crippen LogP contribution in [0.3, 0.4) is 0 Å². The molecule has 0 aromatic carbocycles. The molecule has 0 saturated carbocycles. The van der Waals surface area contributed by atoms with E-state index in [9.17, 15) is 14.0 Å². The summed E-state index contributed by atoms with van der Waals surface area (Å²) in [5.74, 6) is -1.39. The molecule has 1 atom stereocenters. The lowest BCUT2D eigenvalue weighted by atomic mass is 10.0. The summed E-state index contributed by atoms with van der Waals surface area (Å²) >= 11 is 5.31. The lowest BCUT2D eigenvalue weighted by Crippen LogP contribution is -2.45. The smallest absolute Gasteiger partial charge is 0.358 e.